The molecule has 0 aliphatic rings. The Hall–Kier alpha value is -2.69. The van der Waals surface area contributed by atoms with Crippen molar-refractivity contribution in [2.24, 2.45) is 0 Å². The molecule has 0 aliphatic heterocycles. The molecule has 0 fully saturated rings. The van der Waals surface area contributed by atoms with Gasteiger partial charge >= 0.3 is 0 Å². The SMILES string of the molecule is CCc1ccc(NC(=O)Cc2cccc3nccn23)nc1. The predicted octanol–water partition coefficient (Wildman–Crippen LogP) is 2.47. The number of carbonyl (C=O) groups excluding carboxylic acids is 1. The summed E-state index contributed by atoms with van der Waals surface area (Å²) in [4.78, 5) is 20.6. The van der Waals surface area contributed by atoms with Crippen molar-refractivity contribution in [1.82, 2.24) is 14.4 Å². The number of rotatable bonds is 4. The smallest absolute Gasteiger partial charge is 0.231 e. The van der Waals surface area contributed by atoms with Crippen LogP contribution in [0, 0.1) is 0 Å². The maximum absolute atomic E-state index is 12.1. The van der Waals surface area contributed by atoms with Crippen LogP contribution in [0.4, 0.5) is 5.82 Å². The minimum Gasteiger partial charge on any atom is -0.310 e. The molecule has 0 saturated carbocycles. The number of carbonyl (C=O) groups is 1. The average molecular weight is 280 g/mol. The van der Waals surface area contributed by atoms with Crippen LogP contribution in [0.1, 0.15) is 18.2 Å². The van der Waals surface area contributed by atoms with Crippen LogP contribution in [-0.2, 0) is 17.6 Å². The van der Waals surface area contributed by atoms with Crippen molar-refractivity contribution in [3.8, 4) is 0 Å². The molecular formula is C16H16N4O. The summed E-state index contributed by atoms with van der Waals surface area (Å²) in [6, 6.07) is 9.53. The van der Waals surface area contributed by atoms with E-state index in [9.17, 15) is 4.79 Å². The first kappa shape index (κ1) is 13.3. The van der Waals surface area contributed by atoms with Gasteiger partial charge in [-0.3, -0.25) is 4.79 Å². The second-order valence-electron chi connectivity index (χ2n) is 4.80. The zero-order valence-corrected chi connectivity index (χ0v) is 11.8. The van der Waals surface area contributed by atoms with Gasteiger partial charge in [-0.2, -0.15) is 0 Å². The topological polar surface area (TPSA) is 59.3 Å². The van der Waals surface area contributed by atoms with Crippen molar-refractivity contribution in [2.45, 2.75) is 19.8 Å². The van der Waals surface area contributed by atoms with Crippen LogP contribution >= 0.6 is 0 Å². The third-order valence-corrected chi connectivity index (χ3v) is 3.35. The monoisotopic (exact) mass is 280 g/mol. The van der Waals surface area contributed by atoms with Gasteiger partial charge in [-0.1, -0.05) is 19.1 Å². The first-order valence-electron chi connectivity index (χ1n) is 6.92. The van der Waals surface area contributed by atoms with Gasteiger partial charge in [-0.25, -0.2) is 9.97 Å². The number of nitrogens with one attached hydrogen (secondary N) is 1. The van der Waals surface area contributed by atoms with E-state index in [4.69, 9.17) is 0 Å². The third kappa shape index (κ3) is 2.91. The summed E-state index contributed by atoms with van der Waals surface area (Å²) in [5.41, 5.74) is 2.88. The minimum absolute atomic E-state index is 0.0899. The Kier molecular flexibility index (Phi) is 3.64. The van der Waals surface area contributed by atoms with Crippen molar-refractivity contribution in [2.75, 3.05) is 5.32 Å². The number of aryl methyl sites for hydroxylation is 1. The highest BCUT2D eigenvalue weighted by Crippen LogP contribution is 2.09. The zero-order chi connectivity index (χ0) is 14.7. The third-order valence-electron chi connectivity index (χ3n) is 3.35. The van der Waals surface area contributed by atoms with Crippen molar-refractivity contribution in [3.05, 3.63) is 60.2 Å². The van der Waals surface area contributed by atoms with E-state index in [1.807, 2.05) is 40.9 Å². The Bertz CT molecular complexity index is 761. The van der Waals surface area contributed by atoms with Gasteiger partial charge in [0.05, 0.1) is 6.42 Å². The molecule has 3 heterocycles. The highest BCUT2D eigenvalue weighted by atomic mass is 16.1. The Morgan fingerprint density at radius 3 is 2.90 bits per heavy atom. The molecule has 0 bridgehead atoms. The fourth-order valence-electron chi connectivity index (χ4n) is 2.21. The van der Waals surface area contributed by atoms with Gasteiger partial charge in [-0.15, -0.1) is 0 Å². The summed E-state index contributed by atoms with van der Waals surface area (Å²) < 4.78 is 1.91. The summed E-state index contributed by atoms with van der Waals surface area (Å²) in [6.07, 6.45) is 6.58. The van der Waals surface area contributed by atoms with Crippen molar-refractivity contribution in [3.63, 3.8) is 0 Å². The molecule has 0 saturated heterocycles. The zero-order valence-electron chi connectivity index (χ0n) is 11.8. The van der Waals surface area contributed by atoms with E-state index in [0.29, 0.717) is 5.82 Å². The lowest BCUT2D eigenvalue weighted by Gasteiger charge is -2.07. The van der Waals surface area contributed by atoms with Gasteiger partial charge in [0.25, 0.3) is 0 Å². The van der Waals surface area contributed by atoms with Gasteiger partial charge in [0.2, 0.25) is 5.91 Å². The average Bonchev–Trinajstić information content (AvgIpc) is 2.97. The second-order valence-corrected chi connectivity index (χ2v) is 4.80. The molecule has 5 nitrogen and oxygen atoms in total. The Morgan fingerprint density at radius 2 is 2.14 bits per heavy atom. The molecule has 106 valence electrons. The van der Waals surface area contributed by atoms with Gasteiger partial charge in [0.1, 0.15) is 11.5 Å². The molecule has 3 aromatic rings. The molecule has 3 rings (SSSR count). The maximum Gasteiger partial charge on any atom is 0.231 e. The summed E-state index contributed by atoms with van der Waals surface area (Å²) in [5, 5.41) is 2.81. The van der Waals surface area contributed by atoms with Gasteiger partial charge < -0.3 is 9.72 Å². The number of imidazole rings is 1. The van der Waals surface area contributed by atoms with Crippen molar-refractivity contribution < 1.29 is 4.79 Å². The van der Waals surface area contributed by atoms with Crippen LogP contribution in [0.2, 0.25) is 0 Å². The summed E-state index contributed by atoms with van der Waals surface area (Å²) in [7, 11) is 0. The quantitative estimate of drug-likeness (QED) is 0.798. The van der Waals surface area contributed by atoms with Crippen molar-refractivity contribution in [1.29, 1.82) is 0 Å². The molecule has 0 aliphatic carbocycles. The van der Waals surface area contributed by atoms with Crippen LogP contribution in [0.15, 0.2) is 48.9 Å². The summed E-state index contributed by atoms with van der Waals surface area (Å²) in [6.45, 7) is 2.07. The Morgan fingerprint density at radius 1 is 1.24 bits per heavy atom. The number of fused-ring (bicyclic) bond motifs is 1. The van der Waals surface area contributed by atoms with E-state index >= 15 is 0 Å². The summed E-state index contributed by atoms with van der Waals surface area (Å²) in [5.74, 6) is 0.489. The second kappa shape index (κ2) is 5.75. The van der Waals surface area contributed by atoms with Crippen LogP contribution < -0.4 is 5.32 Å². The van der Waals surface area contributed by atoms with E-state index in [1.165, 1.54) is 0 Å². The van der Waals surface area contributed by atoms with Crippen LogP contribution in [-0.4, -0.2) is 20.3 Å². The number of aromatic nitrogens is 3. The number of amides is 1. The molecule has 3 aromatic heterocycles. The molecular weight excluding hydrogens is 264 g/mol. The van der Waals surface area contributed by atoms with E-state index in [0.717, 1.165) is 23.3 Å². The first-order valence-corrected chi connectivity index (χ1v) is 6.92. The number of nitrogens with zero attached hydrogens (tertiary/aromatic N) is 3. The van der Waals surface area contributed by atoms with Crippen molar-refractivity contribution >= 4 is 17.4 Å². The van der Waals surface area contributed by atoms with Gasteiger partial charge in [-0.05, 0) is 30.2 Å². The van der Waals surface area contributed by atoms with Crippen LogP contribution in [0.25, 0.3) is 5.65 Å². The lowest BCUT2D eigenvalue weighted by Crippen LogP contribution is -2.16. The van der Waals surface area contributed by atoms with E-state index in [-0.39, 0.29) is 12.3 Å². The normalized spacial score (nSPS) is 10.7. The predicted molar refractivity (Wildman–Crippen MR) is 81.1 cm³/mol. The molecule has 0 radical (unpaired) electrons. The van der Waals surface area contributed by atoms with Gasteiger partial charge in [0.15, 0.2) is 0 Å². The van der Waals surface area contributed by atoms with E-state index in [2.05, 4.69) is 22.2 Å². The highest BCUT2D eigenvalue weighted by Gasteiger charge is 2.08. The molecule has 0 spiro atoms. The fourth-order valence-corrected chi connectivity index (χ4v) is 2.21. The molecule has 0 unspecified atom stereocenters. The van der Waals surface area contributed by atoms with E-state index in [1.54, 1.807) is 12.4 Å². The molecule has 21 heavy (non-hydrogen) atoms. The lowest BCUT2D eigenvalue weighted by molar-refractivity contribution is -0.115. The number of pyridine rings is 2. The van der Waals surface area contributed by atoms with Crippen LogP contribution in [0.3, 0.4) is 0 Å². The number of hydrogen-bond acceptors (Lipinski definition) is 3. The standard InChI is InChI=1S/C16H16N4O/c1-2-12-6-7-14(18-11-12)19-16(21)10-13-4-3-5-15-17-8-9-20(13)15/h3-9,11H,2,10H2,1H3,(H,18,19,21). The summed E-state index contributed by atoms with van der Waals surface area (Å²) >= 11 is 0. The lowest BCUT2D eigenvalue weighted by atomic mass is 10.2. The minimum atomic E-state index is -0.0899. The highest BCUT2D eigenvalue weighted by molar-refractivity contribution is 5.91. The Balaban J connectivity index is 1.72. The number of hydrogen-bond donors (Lipinski definition) is 1. The number of anilines is 1. The maximum atomic E-state index is 12.1. The van der Waals surface area contributed by atoms with Crippen LogP contribution in [0.5, 0.6) is 0 Å². The fraction of sp³-hybridized carbons (Fsp3) is 0.188. The first-order chi connectivity index (χ1) is 10.3. The Labute approximate surface area is 122 Å². The largest absolute Gasteiger partial charge is 0.310 e. The molecule has 5 heteroatoms. The van der Waals surface area contributed by atoms with Gasteiger partial charge in [0, 0.05) is 24.3 Å². The molecule has 1 N–H and O–H groups in total. The molecule has 0 aromatic carbocycles. The molecule has 0 atom stereocenters. The molecule has 1 amide bonds. The van der Waals surface area contributed by atoms with E-state index < -0.39 is 0 Å².